The Kier molecular flexibility index (Phi) is 6.44. The number of carbonyl (C=O) groups is 1. The molecule has 0 bridgehead atoms. The Morgan fingerprint density at radius 2 is 1.78 bits per heavy atom. The van der Waals surface area contributed by atoms with E-state index in [-0.39, 0.29) is 5.97 Å². The second kappa shape index (κ2) is 7.88. The van der Waals surface area contributed by atoms with Gasteiger partial charge in [-0.05, 0) is 31.4 Å². The van der Waals surface area contributed by atoms with Crippen molar-refractivity contribution >= 4 is 5.97 Å². The van der Waals surface area contributed by atoms with E-state index < -0.39 is 0 Å². The largest absolute Gasteiger partial charge is 0.460 e. The van der Waals surface area contributed by atoms with Crippen LogP contribution < -0.4 is 0 Å². The molecule has 0 fully saturated rings. The first-order valence-corrected chi connectivity index (χ1v) is 6.41. The average molecular weight is 250 g/mol. The van der Waals surface area contributed by atoms with E-state index in [4.69, 9.17) is 9.47 Å². The smallest absolute Gasteiger partial charge is 0.338 e. The number of benzene rings is 1. The molecule has 0 saturated carbocycles. The maximum atomic E-state index is 11.6. The summed E-state index contributed by atoms with van der Waals surface area (Å²) in [4.78, 5) is 11.6. The average Bonchev–Trinajstić information content (AvgIpc) is 2.34. The summed E-state index contributed by atoms with van der Waals surface area (Å²) in [5.74, 6) is 0.350. The van der Waals surface area contributed by atoms with E-state index in [1.807, 2.05) is 19.1 Å². The second-order valence-electron chi connectivity index (χ2n) is 4.80. The molecule has 0 aliphatic carbocycles. The molecule has 3 heteroatoms. The molecule has 0 atom stereocenters. The monoisotopic (exact) mass is 250 g/mol. The fraction of sp³-hybridized carbons (Fsp3) is 0.533. The lowest BCUT2D eigenvalue weighted by molar-refractivity contribution is 0.0303. The molecule has 0 radical (unpaired) electrons. The topological polar surface area (TPSA) is 35.5 Å². The number of aryl methyl sites for hydroxylation is 1. The fourth-order valence-electron chi connectivity index (χ4n) is 1.39. The van der Waals surface area contributed by atoms with Crippen LogP contribution in [0.25, 0.3) is 0 Å². The first-order valence-electron chi connectivity index (χ1n) is 6.41. The lowest BCUT2D eigenvalue weighted by atomic mass is 10.1. The van der Waals surface area contributed by atoms with Crippen molar-refractivity contribution in [3.8, 4) is 0 Å². The van der Waals surface area contributed by atoms with Gasteiger partial charge in [0.25, 0.3) is 0 Å². The SMILES string of the molecule is Cc1ccc(C(=O)OCCOCCC(C)C)cc1. The maximum Gasteiger partial charge on any atom is 0.338 e. The zero-order chi connectivity index (χ0) is 13.4. The molecule has 0 aliphatic heterocycles. The maximum absolute atomic E-state index is 11.6. The number of hydrogen-bond acceptors (Lipinski definition) is 3. The molecule has 3 nitrogen and oxygen atoms in total. The molecule has 0 N–H and O–H groups in total. The van der Waals surface area contributed by atoms with Gasteiger partial charge in [-0.2, -0.15) is 0 Å². The molecule has 1 aromatic carbocycles. The summed E-state index contributed by atoms with van der Waals surface area (Å²) in [7, 11) is 0. The third-order valence-corrected chi connectivity index (χ3v) is 2.59. The van der Waals surface area contributed by atoms with Crippen LogP contribution in [0.5, 0.6) is 0 Å². The summed E-state index contributed by atoms with van der Waals surface area (Å²) in [5.41, 5.74) is 1.71. The van der Waals surface area contributed by atoms with Crippen molar-refractivity contribution in [3.05, 3.63) is 35.4 Å². The van der Waals surface area contributed by atoms with E-state index in [2.05, 4.69) is 13.8 Å². The molecule has 0 amide bonds. The van der Waals surface area contributed by atoms with Gasteiger partial charge in [0.05, 0.1) is 12.2 Å². The lowest BCUT2D eigenvalue weighted by Gasteiger charge is -2.07. The number of esters is 1. The van der Waals surface area contributed by atoms with Gasteiger partial charge < -0.3 is 9.47 Å². The molecule has 1 rings (SSSR count). The minimum Gasteiger partial charge on any atom is -0.460 e. The fourth-order valence-corrected chi connectivity index (χ4v) is 1.39. The van der Waals surface area contributed by atoms with Crippen molar-refractivity contribution in [1.82, 2.24) is 0 Å². The van der Waals surface area contributed by atoms with Gasteiger partial charge in [0.15, 0.2) is 0 Å². The predicted octanol–water partition coefficient (Wildman–Crippen LogP) is 3.21. The van der Waals surface area contributed by atoms with Crippen LogP contribution in [-0.2, 0) is 9.47 Å². The summed E-state index contributed by atoms with van der Waals surface area (Å²) in [6.07, 6.45) is 1.03. The van der Waals surface area contributed by atoms with Crippen LogP contribution in [0.3, 0.4) is 0 Å². The van der Waals surface area contributed by atoms with Crippen LogP contribution >= 0.6 is 0 Å². The Labute approximate surface area is 109 Å². The highest BCUT2D eigenvalue weighted by molar-refractivity contribution is 5.89. The number of hydrogen-bond donors (Lipinski definition) is 0. The normalized spacial score (nSPS) is 10.7. The number of carbonyl (C=O) groups excluding carboxylic acids is 1. The molecule has 0 aromatic heterocycles. The quantitative estimate of drug-likeness (QED) is 0.550. The van der Waals surface area contributed by atoms with Crippen LogP contribution in [0.4, 0.5) is 0 Å². The van der Waals surface area contributed by atoms with Crippen molar-refractivity contribution in [3.63, 3.8) is 0 Å². The van der Waals surface area contributed by atoms with Gasteiger partial charge in [0.1, 0.15) is 6.61 Å². The highest BCUT2D eigenvalue weighted by atomic mass is 16.6. The van der Waals surface area contributed by atoms with Gasteiger partial charge in [-0.3, -0.25) is 0 Å². The van der Waals surface area contributed by atoms with Crippen molar-refractivity contribution in [2.45, 2.75) is 27.2 Å². The van der Waals surface area contributed by atoms with Gasteiger partial charge in [-0.15, -0.1) is 0 Å². The number of rotatable bonds is 7. The first-order chi connectivity index (χ1) is 8.59. The summed E-state index contributed by atoms with van der Waals surface area (Å²) in [6.45, 7) is 7.79. The van der Waals surface area contributed by atoms with Gasteiger partial charge >= 0.3 is 5.97 Å². The van der Waals surface area contributed by atoms with Crippen LogP contribution in [0.1, 0.15) is 36.2 Å². The molecule has 0 spiro atoms. The highest BCUT2D eigenvalue weighted by Gasteiger charge is 2.05. The van der Waals surface area contributed by atoms with Gasteiger partial charge in [-0.1, -0.05) is 31.5 Å². The van der Waals surface area contributed by atoms with E-state index in [1.54, 1.807) is 12.1 Å². The van der Waals surface area contributed by atoms with Crippen molar-refractivity contribution in [2.75, 3.05) is 19.8 Å². The Morgan fingerprint density at radius 3 is 2.39 bits per heavy atom. The molecule has 1 aromatic rings. The Balaban J connectivity index is 2.16. The lowest BCUT2D eigenvalue weighted by Crippen LogP contribution is -2.11. The molecule has 0 saturated heterocycles. The van der Waals surface area contributed by atoms with Gasteiger partial charge in [0, 0.05) is 6.61 Å². The van der Waals surface area contributed by atoms with Crippen LogP contribution in [-0.4, -0.2) is 25.8 Å². The zero-order valence-electron chi connectivity index (χ0n) is 11.4. The summed E-state index contributed by atoms with van der Waals surface area (Å²) in [6, 6.07) is 7.35. The predicted molar refractivity (Wildman–Crippen MR) is 71.7 cm³/mol. The van der Waals surface area contributed by atoms with E-state index in [0.717, 1.165) is 18.6 Å². The molecule has 0 aliphatic rings. The van der Waals surface area contributed by atoms with E-state index in [9.17, 15) is 4.79 Å². The van der Waals surface area contributed by atoms with Gasteiger partial charge in [0.2, 0.25) is 0 Å². The Hall–Kier alpha value is -1.35. The molecule has 0 unspecified atom stereocenters. The molecule has 18 heavy (non-hydrogen) atoms. The first kappa shape index (κ1) is 14.7. The standard InChI is InChI=1S/C15H22O3/c1-12(2)8-9-17-10-11-18-15(16)14-6-4-13(3)5-7-14/h4-7,12H,8-11H2,1-3H3. The minimum atomic E-state index is -0.289. The Morgan fingerprint density at radius 1 is 1.11 bits per heavy atom. The summed E-state index contributed by atoms with van der Waals surface area (Å²) < 4.78 is 10.5. The zero-order valence-corrected chi connectivity index (χ0v) is 11.4. The number of ether oxygens (including phenoxy) is 2. The highest BCUT2D eigenvalue weighted by Crippen LogP contribution is 2.04. The van der Waals surface area contributed by atoms with Crippen molar-refractivity contribution < 1.29 is 14.3 Å². The third kappa shape index (κ3) is 5.82. The van der Waals surface area contributed by atoms with E-state index in [1.165, 1.54) is 0 Å². The van der Waals surface area contributed by atoms with Crippen molar-refractivity contribution in [1.29, 1.82) is 0 Å². The molecular weight excluding hydrogens is 228 g/mol. The Bertz CT molecular complexity index is 355. The van der Waals surface area contributed by atoms with Crippen molar-refractivity contribution in [2.24, 2.45) is 5.92 Å². The van der Waals surface area contributed by atoms with E-state index in [0.29, 0.717) is 24.7 Å². The van der Waals surface area contributed by atoms with Crippen LogP contribution in [0, 0.1) is 12.8 Å². The molecule has 0 heterocycles. The van der Waals surface area contributed by atoms with Gasteiger partial charge in [-0.25, -0.2) is 4.79 Å². The summed E-state index contributed by atoms with van der Waals surface area (Å²) in [5, 5.41) is 0. The molecule has 100 valence electrons. The molecular formula is C15H22O3. The second-order valence-corrected chi connectivity index (χ2v) is 4.80. The minimum absolute atomic E-state index is 0.289. The summed E-state index contributed by atoms with van der Waals surface area (Å²) >= 11 is 0. The van der Waals surface area contributed by atoms with Crippen LogP contribution in [0.2, 0.25) is 0 Å². The van der Waals surface area contributed by atoms with Crippen LogP contribution in [0.15, 0.2) is 24.3 Å². The van der Waals surface area contributed by atoms with E-state index >= 15 is 0 Å². The third-order valence-electron chi connectivity index (χ3n) is 2.59.